The Balaban J connectivity index is 1.27. The molecule has 0 amide bonds. The maximum atomic E-state index is 15.1. The number of benzene rings is 2. The quantitative estimate of drug-likeness (QED) is 0.299. The molecule has 4 aromatic rings. The standard InChI is InChI=1S/C27H31FN8O2S/c1-34-13-15-36(16-14-34)23-10-7-18(17-21(23)28)30-27-32-25-20(11-12-29-25)26(33-27)31-22-5-3-4-6-24(22)35(2)39(37,38)19-8-9-19/h3-7,10-12,17,19H,8-9,13-16H2,1-2H3,(H3,29,30,31,32,33). The number of hydrogen-bond acceptors (Lipinski definition) is 8. The molecule has 0 spiro atoms. The molecule has 10 nitrogen and oxygen atoms in total. The number of halogens is 1. The van der Waals surface area contributed by atoms with E-state index in [9.17, 15) is 8.42 Å². The number of nitrogens with one attached hydrogen (secondary N) is 3. The number of fused-ring (bicyclic) bond motifs is 1. The minimum absolute atomic E-state index is 0.274. The van der Waals surface area contributed by atoms with E-state index in [0.29, 0.717) is 47.1 Å². The van der Waals surface area contributed by atoms with E-state index >= 15 is 4.39 Å². The average molecular weight is 551 g/mol. The van der Waals surface area contributed by atoms with Crippen LogP contribution in [0.2, 0.25) is 0 Å². The summed E-state index contributed by atoms with van der Waals surface area (Å²) in [5.41, 5.74) is 2.82. The third-order valence-corrected chi connectivity index (χ3v) is 9.56. The van der Waals surface area contributed by atoms with Gasteiger partial charge in [-0.1, -0.05) is 12.1 Å². The molecule has 0 atom stereocenters. The molecule has 0 radical (unpaired) electrons. The van der Waals surface area contributed by atoms with Gasteiger partial charge in [0.15, 0.2) is 0 Å². The molecule has 204 valence electrons. The first-order valence-electron chi connectivity index (χ1n) is 13.0. The molecule has 1 aliphatic carbocycles. The van der Waals surface area contributed by atoms with E-state index in [2.05, 4.69) is 42.4 Å². The SMILES string of the molecule is CN1CCN(c2ccc(Nc3nc(Nc4ccccc4N(C)S(=O)(=O)C4CC4)c4cc[nH]c4n3)cc2F)CC1. The lowest BCUT2D eigenvalue weighted by molar-refractivity contribution is 0.311. The number of aromatic amines is 1. The highest BCUT2D eigenvalue weighted by molar-refractivity contribution is 7.93. The van der Waals surface area contributed by atoms with Crippen molar-refractivity contribution in [1.82, 2.24) is 19.9 Å². The molecule has 0 bridgehead atoms. The number of likely N-dealkylation sites (N-methyl/N-ethyl adjacent to an activating group) is 1. The summed E-state index contributed by atoms with van der Waals surface area (Å²) < 4.78 is 42.2. The van der Waals surface area contributed by atoms with Crippen LogP contribution in [0.25, 0.3) is 11.0 Å². The number of nitrogens with zero attached hydrogens (tertiary/aromatic N) is 5. The van der Waals surface area contributed by atoms with Gasteiger partial charge in [-0.15, -0.1) is 0 Å². The van der Waals surface area contributed by atoms with Gasteiger partial charge in [-0.3, -0.25) is 4.31 Å². The molecular weight excluding hydrogens is 519 g/mol. The number of para-hydroxylation sites is 2. The zero-order chi connectivity index (χ0) is 27.1. The first-order valence-corrected chi connectivity index (χ1v) is 14.5. The van der Waals surface area contributed by atoms with Gasteiger partial charge in [0.1, 0.15) is 17.3 Å². The fraction of sp³-hybridized carbons (Fsp3) is 0.333. The molecule has 0 unspecified atom stereocenters. The minimum atomic E-state index is -3.43. The highest BCUT2D eigenvalue weighted by Gasteiger charge is 2.39. The van der Waals surface area contributed by atoms with E-state index in [-0.39, 0.29) is 17.0 Å². The van der Waals surface area contributed by atoms with Gasteiger partial charge in [0.2, 0.25) is 16.0 Å². The lowest BCUT2D eigenvalue weighted by atomic mass is 10.2. The maximum absolute atomic E-state index is 15.1. The Labute approximate surface area is 226 Å². The number of anilines is 6. The van der Waals surface area contributed by atoms with E-state index in [0.717, 1.165) is 31.6 Å². The molecular formula is C27H31FN8O2S. The largest absolute Gasteiger partial charge is 0.367 e. The van der Waals surface area contributed by atoms with Crippen LogP contribution in [0.5, 0.6) is 0 Å². The van der Waals surface area contributed by atoms with Crippen molar-refractivity contribution in [2.24, 2.45) is 0 Å². The van der Waals surface area contributed by atoms with E-state index in [4.69, 9.17) is 0 Å². The zero-order valence-electron chi connectivity index (χ0n) is 21.9. The Morgan fingerprint density at radius 2 is 1.79 bits per heavy atom. The van der Waals surface area contributed by atoms with Crippen LogP contribution in [0.4, 0.5) is 38.9 Å². The smallest absolute Gasteiger partial charge is 0.237 e. The molecule has 2 aromatic carbocycles. The Hall–Kier alpha value is -3.90. The molecule has 1 saturated heterocycles. The summed E-state index contributed by atoms with van der Waals surface area (Å²) in [6, 6.07) is 14.1. The Morgan fingerprint density at radius 3 is 2.54 bits per heavy atom. The average Bonchev–Trinajstić information content (AvgIpc) is 3.68. The molecule has 12 heteroatoms. The number of aromatic nitrogens is 3. The van der Waals surface area contributed by atoms with Crippen molar-refractivity contribution < 1.29 is 12.8 Å². The summed E-state index contributed by atoms with van der Waals surface area (Å²) >= 11 is 0. The monoisotopic (exact) mass is 550 g/mol. The van der Waals surface area contributed by atoms with Crippen molar-refractivity contribution >= 4 is 55.6 Å². The van der Waals surface area contributed by atoms with Crippen LogP contribution in [0, 0.1) is 5.82 Å². The fourth-order valence-electron chi connectivity index (χ4n) is 4.82. The second-order valence-electron chi connectivity index (χ2n) is 10.1. The second kappa shape index (κ2) is 10.0. The number of hydrogen-bond donors (Lipinski definition) is 3. The van der Waals surface area contributed by atoms with Gasteiger partial charge < -0.3 is 25.4 Å². The summed E-state index contributed by atoms with van der Waals surface area (Å²) in [6.07, 6.45) is 3.13. The summed E-state index contributed by atoms with van der Waals surface area (Å²) in [7, 11) is 0.212. The Bertz CT molecular complexity index is 1610. The predicted molar refractivity (Wildman–Crippen MR) is 153 cm³/mol. The number of piperazine rings is 1. The van der Waals surface area contributed by atoms with Crippen LogP contribution >= 0.6 is 0 Å². The van der Waals surface area contributed by atoms with Crippen LogP contribution in [0.3, 0.4) is 0 Å². The van der Waals surface area contributed by atoms with Crippen molar-refractivity contribution in [3.05, 3.63) is 60.5 Å². The van der Waals surface area contributed by atoms with Crippen LogP contribution < -0.4 is 19.8 Å². The van der Waals surface area contributed by atoms with E-state index in [1.807, 2.05) is 24.3 Å². The predicted octanol–water partition coefficient (Wildman–Crippen LogP) is 4.26. The molecule has 39 heavy (non-hydrogen) atoms. The molecule has 6 rings (SSSR count). The van der Waals surface area contributed by atoms with Crippen LogP contribution in [0.1, 0.15) is 12.8 Å². The van der Waals surface area contributed by atoms with Crippen molar-refractivity contribution in [1.29, 1.82) is 0 Å². The van der Waals surface area contributed by atoms with Crippen LogP contribution in [-0.4, -0.2) is 73.8 Å². The molecule has 3 heterocycles. The molecule has 2 aromatic heterocycles. The van der Waals surface area contributed by atoms with Gasteiger partial charge >= 0.3 is 0 Å². The summed E-state index contributed by atoms with van der Waals surface area (Å²) in [5.74, 6) is 0.455. The van der Waals surface area contributed by atoms with E-state index < -0.39 is 10.0 Å². The molecule has 1 aliphatic heterocycles. The molecule has 2 fully saturated rings. The lowest BCUT2D eigenvalue weighted by Gasteiger charge is -2.34. The normalized spacial score (nSPS) is 16.4. The number of H-pyrrole nitrogens is 1. The Morgan fingerprint density at radius 1 is 1.03 bits per heavy atom. The van der Waals surface area contributed by atoms with E-state index in [1.165, 1.54) is 10.4 Å². The van der Waals surface area contributed by atoms with Crippen LogP contribution in [-0.2, 0) is 10.0 Å². The molecule has 1 saturated carbocycles. The van der Waals surface area contributed by atoms with E-state index in [1.54, 1.807) is 31.4 Å². The highest BCUT2D eigenvalue weighted by Crippen LogP contribution is 2.37. The van der Waals surface area contributed by atoms with Gasteiger partial charge in [0.25, 0.3) is 0 Å². The van der Waals surface area contributed by atoms with Crippen molar-refractivity contribution in [2.75, 3.05) is 60.1 Å². The first kappa shape index (κ1) is 25.4. The first-order chi connectivity index (χ1) is 18.8. The summed E-state index contributed by atoms with van der Waals surface area (Å²) in [5, 5.41) is 6.83. The summed E-state index contributed by atoms with van der Waals surface area (Å²) in [6.45, 7) is 3.34. The molecule has 2 aliphatic rings. The number of sulfonamides is 1. The van der Waals surface area contributed by atoms with Gasteiger partial charge in [0, 0.05) is 45.1 Å². The second-order valence-corrected chi connectivity index (χ2v) is 12.3. The highest BCUT2D eigenvalue weighted by atomic mass is 32.2. The zero-order valence-corrected chi connectivity index (χ0v) is 22.7. The topological polar surface area (TPSA) is 109 Å². The summed E-state index contributed by atoms with van der Waals surface area (Å²) in [4.78, 5) is 16.6. The van der Waals surface area contributed by atoms with Gasteiger partial charge in [0.05, 0.1) is 27.7 Å². The van der Waals surface area contributed by atoms with Crippen molar-refractivity contribution in [3.63, 3.8) is 0 Å². The maximum Gasteiger partial charge on any atom is 0.237 e. The minimum Gasteiger partial charge on any atom is -0.367 e. The number of rotatable bonds is 8. The lowest BCUT2D eigenvalue weighted by Crippen LogP contribution is -2.44. The Kier molecular flexibility index (Phi) is 6.51. The van der Waals surface area contributed by atoms with Gasteiger partial charge in [-0.2, -0.15) is 9.97 Å². The van der Waals surface area contributed by atoms with Crippen molar-refractivity contribution in [3.8, 4) is 0 Å². The van der Waals surface area contributed by atoms with Gasteiger partial charge in [-0.05, 0) is 56.3 Å². The van der Waals surface area contributed by atoms with Crippen molar-refractivity contribution in [2.45, 2.75) is 18.1 Å². The fourth-order valence-corrected chi connectivity index (χ4v) is 6.43. The molecule has 3 N–H and O–H groups in total. The third kappa shape index (κ3) is 5.09. The third-order valence-electron chi connectivity index (χ3n) is 7.29. The van der Waals surface area contributed by atoms with Crippen LogP contribution in [0.15, 0.2) is 54.7 Å². The van der Waals surface area contributed by atoms with Gasteiger partial charge in [-0.25, -0.2) is 12.8 Å².